The van der Waals surface area contributed by atoms with E-state index in [0.717, 1.165) is 24.6 Å². The van der Waals surface area contributed by atoms with E-state index in [0.29, 0.717) is 50.3 Å². The van der Waals surface area contributed by atoms with Gasteiger partial charge in [0.05, 0.1) is 6.61 Å². The third-order valence-corrected chi connectivity index (χ3v) is 8.04. The van der Waals surface area contributed by atoms with Gasteiger partial charge in [0.2, 0.25) is 23.6 Å². The second kappa shape index (κ2) is 16.8. The van der Waals surface area contributed by atoms with E-state index in [9.17, 15) is 28.8 Å². The van der Waals surface area contributed by atoms with Crippen molar-refractivity contribution in [2.45, 2.75) is 89.9 Å². The monoisotopic (exact) mass is 572 g/mol. The maximum atomic E-state index is 13.3. The van der Waals surface area contributed by atoms with Gasteiger partial charge < -0.3 is 25.6 Å². The quantitative estimate of drug-likeness (QED) is 0.291. The lowest BCUT2D eigenvalue weighted by Gasteiger charge is -2.31. The van der Waals surface area contributed by atoms with E-state index >= 15 is 0 Å². The van der Waals surface area contributed by atoms with Crippen molar-refractivity contribution < 1.29 is 33.5 Å². The Kier molecular flexibility index (Phi) is 14.2. The summed E-state index contributed by atoms with van der Waals surface area (Å²) in [5, 5.41) is 8.32. The SMILES string of the molecule is CC(=O)SCCCCC[C@@H]1NC(=O)[C@H]2CCCN2C(=O)[C@H](C)NC(=O)[C@@H](CCOCCSC(C)=O)NC1=O. The van der Waals surface area contributed by atoms with Crippen LogP contribution in [0, 0.1) is 0 Å². The number of ether oxygens (including phenoxy) is 1. The second-order valence-corrected chi connectivity index (χ2v) is 12.0. The van der Waals surface area contributed by atoms with Gasteiger partial charge in [-0.3, -0.25) is 28.8 Å². The molecule has 0 aliphatic carbocycles. The van der Waals surface area contributed by atoms with Gasteiger partial charge in [0, 0.05) is 38.5 Å². The first-order valence-electron chi connectivity index (χ1n) is 13.2. The van der Waals surface area contributed by atoms with Crippen LogP contribution in [0.4, 0.5) is 0 Å². The summed E-state index contributed by atoms with van der Waals surface area (Å²) < 4.78 is 5.54. The summed E-state index contributed by atoms with van der Waals surface area (Å²) in [4.78, 5) is 76.2. The van der Waals surface area contributed by atoms with Crippen LogP contribution in [0.3, 0.4) is 0 Å². The first-order valence-corrected chi connectivity index (χ1v) is 15.1. The molecule has 11 nitrogen and oxygen atoms in total. The fraction of sp³-hybridized carbons (Fsp3) is 0.760. The van der Waals surface area contributed by atoms with E-state index in [1.54, 1.807) is 6.92 Å². The topological polar surface area (TPSA) is 151 Å². The number of carbonyl (C=O) groups is 6. The molecule has 4 atom stereocenters. The molecule has 214 valence electrons. The Morgan fingerprint density at radius 1 is 0.842 bits per heavy atom. The smallest absolute Gasteiger partial charge is 0.245 e. The van der Waals surface area contributed by atoms with E-state index in [1.165, 1.54) is 30.5 Å². The summed E-state index contributed by atoms with van der Waals surface area (Å²) in [5.74, 6) is -0.483. The summed E-state index contributed by atoms with van der Waals surface area (Å²) in [6.07, 6.45) is 3.93. The second-order valence-electron chi connectivity index (χ2n) is 9.47. The van der Waals surface area contributed by atoms with Gasteiger partial charge in [-0.05, 0) is 39.0 Å². The lowest BCUT2D eigenvalue weighted by molar-refractivity contribution is -0.143. The number of fused-ring (bicyclic) bond motifs is 1. The number of rotatable bonds is 12. The first-order chi connectivity index (χ1) is 18.1. The van der Waals surface area contributed by atoms with Crippen molar-refractivity contribution >= 4 is 57.4 Å². The molecular formula is C25H40N4O7S2. The van der Waals surface area contributed by atoms with E-state index < -0.39 is 36.0 Å². The number of nitrogens with one attached hydrogen (secondary N) is 3. The van der Waals surface area contributed by atoms with Crippen LogP contribution in [0.1, 0.15) is 65.7 Å². The van der Waals surface area contributed by atoms with Gasteiger partial charge >= 0.3 is 0 Å². The molecule has 2 saturated heterocycles. The highest BCUT2D eigenvalue weighted by Gasteiger charge is 2.39. The molecule has 13 heteroatoms. The molecule has 0 aromatic heterocycles. The molecule has 38 heavy (non-hydrogen) atoms. The van der Waals surface area contributed by atoms with Gasteiger partial charge in [0.1, 0.15) is 24.2 Å². The molecule has 2 aliphatic rings. The summed E-state index contributed by atoms with van der Waals surface area (Å²) in [5.41, 5.74) is 0. The minimum atomic E-state index is -0.960. The maximum Gasteiger partial charge on any atom is 0.245 e. The maximum absolute atomic E-state index is 13.3. The van der Waals surface area contributed by atoms with Crippen molar-refractivity contribution in [3.05, 3.63) is 0 Å². The lowest BCUT2D eigenvalue weighted by Crippen LogP contribution is -2.60. The van der Waals surface area contributed by atoms with Gasteiger partial charge in [-0.15, -0.1) is 0 Å². The molecule has 0 spiro atoms. The fourth-order valence-electron chi connectivity index (χ4n) is 4.40. The minimum Gasteiger partial charge on any atom is -0.380 e. The molecule has 2 heterocycles. The van der Waals surface area contributed by atoms with Gasteiger partial charge in [0.15, 0.2) is 10.2 Å². The van der Waals surface area contributed by atoms with Gasteiger partial charge in [-0.2, -0.15) is 0 Å². The number of nitrogens with zero attached hydrogens (tertiary/aromatic N) is 1. The molecule has 4 amide bonds. The Morgan fingerprint density at radius 3 is 2.18 bits per heavy atom. The third-order valence-electron chi connectivity index (χ3n) is 6.36. The molecule has 2 aliphatic heterocycles. The van der Waals surface area contributed by atoms with E-state index in [4.69, 9.17) is 4.74 Å². The van der Waals surface area contributed by atoms with Gasteiger partial charge in [-0.1, -0.05) is 36.4 Å². The molecular weight excluding hydrogens is 532 g/mol. The summed E-state index contributed by atoms with van der Waals surface area (Å²) >= 11 is 2.40. The number of hydrogen-bond donors (Lipinski definition) is 3. The molecule has 2 fully saturated rings. The van der Waals surface area contributed by atoms with Crippen molar-refractivity contribution in [3.63, 3.8) is 0 Å². The van der Waals surface area contributed by atoms with Crippen LogP contribution in [0.15, 0.2) is 0 Å². The summed E-state index contributed by atoms with van der Waals surface area (Å²) in [6, 6.07) is -3.36. The number of unbranched alkanes of at least 4 members (excludes halogenated alkanes) is 2. The largest absolute Gasteiger partial charge is 0.380 e. The molecule has 0 unspecified atom stereocenters. The van der Waals surface area contributed by atoms with Crippen LogP contribution in [0.25, 0.3) is 0 Å². The van der Waals surface area contributed by atoms with Gasteiger partial charge in [-0.25, -0.2) is 0 Å². The van der Waals surface area contributed by atoms with Crippen LogP contribution >= 0.6 is 23.5 Å². The first kappa shape index (κ1) is 32.1. The Balaban J connectivity index is 2.09. The fourth-order valence-corrected chi connectivity index (χ4v) is 5.52. The number of thioether (sulfide) groups is 2. The molecule has 0 saturated carbocycles. The van der Waals surface area contributed by atoms with Crippen molar-refractivity contribution in [3.8, 4) is 0 Å². The predicted octanol–water partition coefficient (Wildman–Crippen LogP) is 0.992. The number of amides is 4. The Bertz CT molecular complexity index is 873. The Morgan fingerprint density at radius 2 is 1.47 bits per heavy atom. The van der Waals surface area contributed by atoms with E-state index in [-0.39, 0.29) is 35.1 Å². The summed E-state index contributed by atoms with van der Waals surface area (Å²) in [6.45, 7) is 5.47. The highest BCUT2D eigenvalue weighted by atomic mass is 32.2. The highest BCUT2D eigenvalue weighted by molar-refractivity contribution is 8.13. The molecule has 0 bridgehead atoms. The van der Waals surface area contributed by atoms with Crippen molar-refractivity contribution in [2.24, 2.45) is 0 Å². The van der Waals surface area contributed by atoms with Crippen LogP contribution in [-0.4, -0.2) is 94.2 Å². The Labute approximate surface area is 232 Å². The van der Waals surface area contributed by atoms with Gasteiger partial charge in [0.25, 0.3) is 0 Å². The summed E-state index contributed by atoms with van der Waals surface area (Å²) in [7, 11) is 0. The molecule has 0 aromatic carbocycles. The molecule has 2 rings (SSSR count). The molecule has 0 aromatic rings. The lowest BCUT2D eigenvalue weighted by atomic mass is 10.0. The molecule has 0 radical (unpaired) electrons. The minimum absolute atomic E-state index is 0.0100. The van der Waals surface area contributed by atoms with Crippen LogP contribution in [0.2, 0.25) is 0 Å². The van der Waals surface area contributed by atoms with Crippen LogP contribution in [-0.2, 0) is 33.5 Å². The van der Waals surface area contributed by atoms with Crippen molar-refractivity contribution in [1.82, 2.24) is 20.9 Å². The average Bonchev–Trinajstić information content (AvgIpc) is 3.35. The van der Waals surface area contributed by atoms with Crippen LogP contribution < -0.4 is 16.0 Å². The van der Waals surface area contributed by atoms with Crippen molar-refractivity contribution in [2.75, 3.05) is 31.3 Å². The number of carbonyl (C=O) groups excluding carboxylic acids is 6. The average molecular weight is 573 g/mol. The van der Waals surface area contributed by atoms with Crippen molar-refractivity contribution in [1.29, 1.82) is 0 Å². The Hall–Kier alpha value is -2.12. The standard InChI is InChI=1S/C25H40N4O7S2/c1-16-25(35)29-11-7-9-21(29)24(34)28-19(8-5-4-6-14-37-17(2)30)23(33)27-20(22(32)26-16)10-12-36-13-15-38-18(3)31/h16,19-21H,4-15H2,1-3H3,(H,26,32)(H,27,33)(H,28,34)/t16-,19-,20+,21+/m0/s1. The zero-order valence-electron chi connectivity index (χ0n) is 22.4. The highest BCUT2D eigenvalue weighted by Crippen LogP contribution is 2.20. The normalized spacial score (nSPS) is 24.6. The van der Waals surface area contributed by atoms with Crippen LogP contribution in [0.5, 0.6) is 0 Å². The molecule has 3 N–H and O–H groups in total. The van der Waals surface area contributed by atoms with E-state index in [2.05, 4.69) is 16.0 Å². The van der Waals surface area contributed by atoms with E-state index in [1.807, 2.05) is 0 Å². The predicted molar refractivity (Wildman–Crippen MR) is 146 cm³/mol. The number of hydrogen-bond acceptors (Lipinski definition) is 9. The zero-order chi connectivity index (χ0) is 28.1. The third kappa shape index (κ3) is 10.9. The zero-order valence-corrected chi connectivity index (χ0v) is 24.0.